The van der Waals surface area contributed by atoms with E-state index in [-0.39, 0.29) is 0 Å². The summed E-state index contributed by atoms with van der Waals surface area (Å²) in [5, 5.41) is 1.15. The Balaban J connectivity index is 2.10. The highest BCUT2D eigenvalue weighted by Crippen LogP contribution is 2.37. The van der Waals surface area contributed by atoms with Crippen LogP contribution in [0.1, 0.15) is 16.7 Å². The second-order valence-corrected chi connectivity index (χ2v) is 6.71. The van der Waals surface area contributed by atoms with E-state index in [1.54, 1.807) is 18.2 Å². The van der Waals surface area contributed by atoms with Crippen molar-refractivity contribution in [3.05, 3.63) is 75.4 Å². The van der Waals surface area contributed by atoms with Crippen molar-refractivity contribution in [2.45, 2.75) is 20.4 Å². The Hall–Kier alpha value is -2.23. The van der Waals surface area contributed by atoms with Crippen molar-refractivity contribution in [1.82, 2.24) is 4.57 Å². The van der Waals surface area contributed by atoms with Crippen molar-refractivity contribution in [2.24, 2.45) is 0 Å². The maximum Gasteiger partial charge on any atom is 0.299 e. The van der Waals surface area contributed by atoms with Crippen LogP contribution in [0.25, 0.3) is 11.1 Å². The average Bonchev–Trinajstić information content (AvgIpc) is 2.88. The van der Waals surface area contributed by atoms with Gasteiger partial charge in [-0.25, -0.2) is 0 Å². The van der Waals surface area contributed by atoms with E-state index in [1.807, 2.05) is 48.9 Å². The minimum atomic E-state index is 0.411. The number of ether oxygens (including phenoxy) is 1. The number of carbonyl (C=O) groups is 1. The highest BCUT2D eigenvalue weighted by atomic mass is 35.5. The van der Waals surface area contributed by atoms with E-state index >= 15 is 0 Å². The third-order valence-electron chi connectivity index (χ3n) is 4.11. The molecule has 0 bridgehead atoms. The van der Waals surface area contributed by atoms with Gasteiger partial charge in [-0.2, -0.15) is 0 Å². The lowest BCUT2D eigenvalue weighted by atomic mass is 10.0. The topological polar surface area (TPSA) is 31.2 Å². The summed E-state index contributed by atoms with van der Waals surface area (Å²) in [5.41, 5.74) is 4.83. The summed E-state index contributed by atoms with van der Waals surface area (Å²) < 4.78 is 7.18. The van der Waals surface area contributed by atoms with Crippen LogP contribution in [0.15, 0.2) is 48.7 Å². The third-order valence-corrected chi connectivity index (χ3v) is 4.82. The fourth-order valence-electron chi connectivity index (χ4n) is 2.88. The zero-order chi connectivity index (χ0) is 18.0. The second-order valence-electron chi connectivity index (χ2n) is 5.90. The molecule has 0 radical (unpaired) electrons. The smallest absolute Gasteiger partial charge is 0.299 e. The lowest BCUT2D eigenvalue weighted by Gasteiger charge is -2.12. The Kier molecular flexibility index (Phi) is 5.16. The van der Waals surface area contributed by atoms with E-state index in [0.717, 1.165) is 22.3 Å². The van der Waals surface area contributed by atoms with E-state index in [4.69, 9.17) is 27.9 Å². The molecule has 1 aromatic heterocycles. The molecule has 3 nitrogen and oxygen atoms in total. The SMILES string of the molecule is Cc1ccc(-c2c(C)cn(Cc3c(Cl)cccc3Cl)c2OC=O)cc1. The molecule has 0 aliphatic carbocycles. The van der Waals surface area contributed by atoms with Crippen LogP contribution >= 0.6 is 23.2 Å². The molecular weight excluding hydrogens is 357 g/mol. The molecule has 0 amide bonds. The Morgan fingerprint density at radius 3 is 2.28 bits per heavy atom. The van der Waals surface area contributed by atoms with Gasteiger partial charge in [-0.3, -0.25) is 4.79 Å². The summed E-state index contributed by atoms with van der Waals surface area (Å²) >= 11 is 12.6. The lowest BCUT2D eigenvalue weighted by Crippen LogP contribution is -2.04. The van der Waals surface area contributed by atoms with Gasteiger partial charge in [0.15, 0.2) is 0 Å². The number of halogens is 2. The highest BCUT2D eigenvalue weighted by molar-refractivity contribution is 6.36. The quantitative estimate of drug-likeness (QED) is 0.540. The number of hydrogen-bond acceptors (Lipinski definition) is 2. The molecule has 3 rings (SSSR count). The maximum atomic E-state index is 11.1. The first-order chi connectivity index (χ1) is 12.0. The fraction of sp³-hybridized carbons (Fsp3) is 0.150. The first-order valence-corrected chi connectivity index (χ1v) is 8.57. The largest absolute Gasteiger partial charge is 0.411 e. The van der Waals surface area contributed by atoms with Crippen LogP contribution in [0, 0.1) is 13.8 Å². The van der Waals surface area contributed by atoms with Gasteiger partial charge >= 0.3 is 0 Å². The highest BCUT2D eigenvalue weighted by Gasteiger charge is 2.18. The molecule has 25 heavy (non-hydrogen) atoms. The molecule has 128 valence electrons. The van der Waals surface area contributed by atoms with Crippen molar-refractivity contribution in [3.8, 4) is 17.0 Å². The molecule has 0 aliphatic rings. The van der Waals surface area contributed by atoms with Gasteiger partial charge in [-0.05, 0) is 37.1 Å². The van der Waals surface area contributed by atoms with Crippen molar-refractivity contribution in [3.63, 3.8) is 0 Å². The lowest BCUT2D eigenvalue weighted by molar-refractivity contribution is -0.121. The number of hydrogen-bond donors (Lipinski definition) is 0. The molecule has 3 aromatic rings. The van der Waals surface area contributed by atoms with Gasteiger partial charge in [0.1, 0.15) is 0 Å². The van der Waals surface area contributed by atoms with Crippen LogP contribution in [0.5, 0.6) is 5.88 Å². The Morgan fingerprint density at radius 1 is 1.04 bits per heavy atom. The number of nitrogens with zero attached hydrogens (tertiary/aromatic N) is 1. The fourth-order valence-corrected chi connectivity index (χ4v) is 3.40. The van der Waals surface area contributed by atoms with Gasteiger partial charge in [0.25, 0.3) is 6.47 Å². The predicted octanol–water partition coefficient (Wildman–Crippen LogP) is 5.66. The van der Waals surface area contributed by atoms with Gasteiger partial charge in [0.05, 0.1) is 6.54 Å². The first-order valence-electron chi connectivity index (χ1n) is 7.81. The summed E-state index contributed by atoms with van der Waals surface area (Å²) in [4.78, 5) is 11.1. The van der Waals surface area contributed by atoms with Gasteiger partial charge < -0.3 is 9.30 Å². The number of rotatable bonds is 5. The average molecular weight is 374 g/mol. The van der Waals surface area contributed by atoms with Crippen LogP contribution in [0.2, 0.25) is 10.0 Å². The van der Waals surface area contributed by atoms with Crippen LogP contribution in [0.4, 0.5) is 0 Å². The van der Waals surface area contributed by atoms with Gasteiger partial charge in [0.2, 0.25) is 5.88 Å². The van der Waals surface area contributed by atoms with Crippen LogP contribution in [-0.2, 0) is 11.3 Å². The maximum absolute atomic E-state index is 11.1. The molecule has 0 unspecified atom stereocenters. The summed E-state index contributed by atoms with van der Waals surface area (Å²) in [6.07, 6.45) is 1.94. The molecule has 0 atom stereocenters. The molecule has 2 aromatic carbocycles. The Morgan fingerprint density at radius 2 is 1.68 bits per heavy atom. The number of carbonyl (C=O) groups excluding carboxylic acids is 1. The first kappa shape index (κ1) is 17.6. The van der Waals surface area contributed by atoms with Crippen molar-refractivity contribution in [2.75, 3.05) is 0 Å². The molecular formula is C20H17Cl2NO2. The summed E-state index contributed by atoms with van der Waals surface area (Å²) in [5.74, 6) is 0.479. The Labute approximate surface area is 156 Å². The van der Waals surface area contributed by atoms with Crippen molar-refractivity contribution >= 4 is 29.7 Å². The number of benzene rings is 2. The van der Waals surface area contributed by atoms with E-state index in [0.29, 0.717) is 28.9 Å². The van der Waals surface area contributed by atoms with Crippen LogP contribution in [0.3, 0.4) is 0 Å². The summed E-state index contributed by atoms with van der Waals surface area (Å²) in [6, 6.07) is 13.5. The molecule has 0 spiro atoms. The molecule has 0 N–H and O–H groups in total. The zero-order valence-electron chi connectivity index (χ0n) is 13.9. The zero-order valence-corrected chi connectivity index (χ0v) is 15.4. The molecule has 1 heterocycles. The van der Waals surface area contributed by atoms with Crippen molar-refractivity contribution < 1.29 is 9.53 Å². The molecule has 0 saturated carbocycles. The van der Waals surface area contributed by atoms with Crippen molar-refractivity contribution in [1.29, 1.82) is 0 Å². The van der Waals surface area contributed by atoms with Crippen LogP contribution < -0.4 is 4.74 Å². The van der Waals surface area contributed by atoms with E-state index in [1.165, 1.54) is 5.56 Å². The monoisotopic (exact) mass is 373 g/mol. The summed E-state index contributed by atoms with van der Waals surface area (Å²) in [6.45, 7) is 4.87. The molecule has 5 heteroatoms. The molecule has 0 fully saturated rings. The third kappa shape index (κ3) is 3.58. The van der Waals surface area contributed by atoms with Gasteiger partial charge in [-0.15, -0.1) is 0 Å². The van der Waals surface area contributed by atoms with Gasteiger partial charge in [-0.1, -0.05) is 59.1 Å². The number of aromatic nitrogens is 1. The van der Waals surface area contributed by atoms with Gasteiger partial charge in [0, 0.05) is 27.4 Å². The molecule has 0 saturated heterocycles. The molecule has 0 aliphatic heterocycles. The van der Waals surface area contributed by atoms with E-state index in [2.05, 4.69) is 0 Å². The minimum absolute atomic E-state index is 0.411. The predicted molar refractivity (Wildman–Crippen MR) is 102 cm³/mol. The normalized spacial score (nSPS) is 10.7. The standard InChI is InChI=1S/C20H17Cl2NO2/c1-13-6-8-15(9-7-13)19-14(2)10-23(20(19)25-12-24)11-16-17(21)4-3-5-18(16)22/h3-10,12H,11H2,1-2H3. The minimum Gasteiger partial charge on any atom is -0.411 e. The number of aryl methyl sites for hydroxylation is 2. The van der Waals surface area contributed by atoms with Crippen LogP contribution in [-0.4, -0.2) is 11.0 Å². The summed E-state index contributed by atoms with van der Waals surface area (Å²) in [7, 11) is 0. The van der Waals surface area contributed by atoms with E-state index < -0.39 is 0 Å². The Bertz CT molecular complexity index is 894. The second kappa shape index (κ2) is 7.34. The van der Waals surface area contributed by atoms with E-state index in [9.17, 15) is 4.79 Å².